The van der Waals surface area contributed by atoms with Crippen LogP contribution in [0.1, 0.15) is 34.0 Å². The molecule has 2 N–H and O–H groups in total. The lowest BCUT2D eigenvalue weighted by Crippen LogP contribution is -2.43. The average molecular weight is 408 g/mol. The first kappa shape index (κ1) is 19.9. The molecule has 1 aliphatic rings. The Morgan fingerprint density at radius 1 is 1.04 bits per heavy atom. The van der Waals surface area contributed by atoms with E-state index in [-0.39, 0.29) is 24.3 Å². The Morgan fingerprint density at radius 2 is 1.63 bits per heavy atom. The summed E-state index contributed by atoms with van der Waals surface area (Å²) >= 11 is 2.98. The summed E-state index contributed by atoms with van der Waals surface area (Å²) in [7, 11) is 0. The third-order valence-electron chi connectivity index (χ3n) is 4.78. The predicted octanol–water partition coefficient (Wildman–Crippen LogP) is 3.12. The van der Waals surface area contributed by atoms with Crippen molar-refractivity contribution >= 4 is 44.8 Å². The second-order valence-corrected chi connectivity index (χ2v) is 9.34. The number of aryl methyl sites for hydroxylation is 4. The zero-order chi connectivity index (χ0) is 19.6. The van der Waals surface area contributed by atoms with Crippen LogP contribution in [0.2, 0.25) is 0 Å². The van der Waals surface area contributed by atoms with E-state index in [0.29, 0.717) is 16.8 Å². The molecule has 1 aliphatic heterocycles. The van der Waals surface area contributed by atoms with Gasteiger partial charge >= 0.3 is 0 Å². The van der Waals surface area contributed by atoms with Crippen molar-refractivity contribution in [1.82, 2.24) is 14.9 Å². The lowest BCUT2D eigenvalue weighted by atomic mass is 9.97. The number of aromatic nitrogens is 2. The van der Waals surface area contributed by atoms with Gasteiger partial charge in [-0.1, -0.05) is 0 Å². The zero-order valence-corrected chi connectivity index (χ0v) is 17.7. The van der Waals surface area contributed by atoms with Crippen LogP contribution in [-0.2, 0) is 9.59 Å². The molecule has 7 nitrogen and oxygen atoms in total. The topological polar surface area (TPSA) is 87.2 Å². The summed E-state index contributed by atoms with van der Waals surface area (Å²) in [6, 6.07) is 0. The molecule has 2 amide bonds. The highest BCUT2D eigenvalue weighted by atomic mass is 32.1. The second kappa shape index (κ2) is 8.45. The summed E-state index contributed by atoms with van der Waals surface area (Å²) in [4.78, 5) is 37.8. The summed E-state index contributed by atoms with van der Waals surface area (Å²) in [6.45, 7) is 9.53. The van der Waals surface area contributed by atoms with Crippen LogP contribution in [0.25, 0.3) is 0 Å². The van der Waals surface area contributed by atoms with E-state index in [1.807, 2.05) is 32.6 Å². The summed E-state index contributed by atoms with van der Waals surface area (Å²) in [5, 5.41) is 7.08. The standard InChI is InChI=1S/C18H25N5O2S2/c1-10-12(3)26-17(19-10)21-15(24)9-23-7-5-6-14(8-23)16(25)22-18-20-11(2)13(4)27-18/h14H,5-9H2,1-4H3,(H,19,21,24)(H,20,22,25). The van der Waals surface area contributed by atoms with Gasteiger partial charge in [0.05, 0.1) is 23.9 Å². The van der Waals surface area contributed by atoms with E-state index in [0.717, 1.165) is 40.5 Å². The minimum Gasteiger partial charge on any atom is -0.302 e. The molecule has 9 heteroatoms. The highest BCUT2D eigenvalue weighted by molar-refractivity contribution is 7.16. The van der Waals surface area contributed by atoms with Gasteiger partial charge in [-0.05, 0) is 47.1 Å². The van der Waals surface area contributed by atoms with Crippen molar-refractivity contribution in [3.63, 3.8) is 0 Å². The number of carbonyl (C=O) groups excluding carboxylic acids is 2. The van der Waals surface area contributed by atoms with Crippen LogP contribution in [0, 0.1) is 33.6 Å². The minimum absolute atomic E-state index is 0.0139. The largest absolute Gasteiger partial charge is 0.302 e. The second-order valence-electron chi connectivity index (χ2n) is 6.93. The number of piperidine rings is 1. The highest BCUT2D eigenvalue weighted by Gasteiger charge is 2.27. The van der Waals surface area contributed by atoms with Gasteiger partial charge in [0.2, 0.25) is 11.8 Å². The van der Waals surface area contributed by atoms with E-state index in [4.69, 9.17) is 0 Å². The van der Waals surface area contributed by atoms with Crippen LogP contribution < -0.4 is 10.6 Å². The van der Waals surface area contributed by atoms with E-state index in [1.165, 1.54) is 22.7 Å². The van der Waals surface area contributed by atoms with Gasteiger partial charge in [0.1, 0.15) is 0 Å². The smallest absolute Gasteiger partial charge is 0.240 e. The summed E-state index contributed by atoms with van der Waals surface area (Å²) in [6.07, 6.45) is 1.73. The van der Waals surface area contributed by atoms with Gasteiger partial charge in [-0.15, -0.1) is 22.7 Å². The van der Waals surface area contributed by atoms with Crippen LogP contribution in [0.3, 0.4) is 0 Å². The monoisotopic (exact) mass is 407 g/mol. The van der Waals surface area contributed by atoms with E-state index in [2.05, 4.69) is 20.6 Å². The normalized spacial score (nSPS) is 17.7. The van der Waals surface area contributed by atoms with Crippen molar-refractivity contribution in [2.45, 2.75) is 40.5 Å². The molecule has 1 saturated heterocycles. The summed E-state index contributed by atoms with van der Waals surface area (Å²) < 4.78 is 0. The lowest BCUT2D eigenvalue weighted by molar-refractivity contribution is -0.123. The van der Waals surface area contributed by atoms with Crippen molar-refractivity contribution in [2.24, 2.45) is 5.92 Å². The van der Waals surface area contributed by atoms with Crippen LogP contribution in [-0.4, -0.2) is 46.3 Å². The Morgan fingerprint density at radius 3 is 2.19 bits per heavy atom. The Hall–Kier alpha value is -1.84. The van der Waals surface area contributed by atoms with Crippen LogP contribution >= 0.6 is 22.7 Å². The molecule has 1 unspecified atom stereocenters. The van der Waals surface area contributed by atoms with E-state index in [9.17, 15) is 9.59 Å². The highest BCUT2D eigenvalue weighted by Crippen LogP contribution is 2.24. The van der Waals surface area contributed by atoms with Gasteiger partial charge in [-0.25, -0.2) is 9.97 Å². The number of amides is 2. The molecule has 146 valence electrons. The molecular weight excluding hydrogens is 382 g/mol. The minimum atomic E-state index is -0.125. The number of nitrogens with one attached hydrogen (secondary N) is 2. The number of likely N-dealkylation sites (tertiary alicyclic amines) is 1. The molecule has 1 fully saturated rings. The van der Waals surface area contributed by atoms with Crippen LogP contribution in [0.4, 0.5) is 10.3 Å². The van der Waals surface area contributed by atoms with Crippen LogP contribution in [0.5, 0.6) is 0 Å². The fraction of sp³-hybridized carbons (Fsp3) is 0.556. The van der Waals surface area contributed by atoms with Gasteiger partial charge < -0.3 is 10.6 Å². The number of rotatable bonds is 5. The van der Waals surface area contributed by atoms with E-state index < -0.39 is 0 Å². The molecule has 1 atom stereocenters. The van der Waals surface area contributed by atoms with E-state index >= 15 is 0 Å². The molecular formula is C18H25N5O2S2. The van der Waals surface area contributed by atoms with E-state index in [1.54, 1.807) is 0 Å². The zero-order valence-electron chi connectivity index (χ0n) is 16.1. The fourth-order valence-corrected chi connectivity index (χ4v) is 4.68. The molecule has 27 heavy (non-hydrogen) atoms. The summed E-state index contributed by atoms with van der Waals surface area (Å²) in [5.41, 5.74) is 1.89. The molecule has 0 radical (unpaired) electrons. The molecule has 0 spiro atoms. The van der Waals surface area contributed by atoms with Gasteiger partial charge in [-0.3, -0.25) is 14.5 Å². The molecule has 0 aromatic carbocycles. The van der Waals surface area contributed by atoms with Crippen molar-refractivity contribution in [3.05, 3.63) is 21.1 Å². The quantitative estimate of drug-likeness (QED) is 0.795. The SMILES string of the molecule is Cc1nc(NC(=O)CN2CCCC(C(=O)Nc3nc(C)c(C)s3)C2)sc1C. The molecule has 3 heterocycles. The molecule has 2 aromatic heterocycles. The third-order valence-corrected chi connectivity index (χ3v) is 6.75. The Kier molecular flexibility index (Phi) is 6.23. The third kappa shape index (κ3) is 5.12. The molecule has 0 saturated carbocycles. The maximum absolute atomic E-state index is 12.6. The molecule has 3 rings (SSSR count). The summed E-state index contributed by atoms with van der Waals surface area (Å²) in [5.74, 6) is -0.226. The Labute approximate surface area is 167 Å². The van der Waals surface area contributed by atoms with Crippen molar-refractivity contribution in [2.75, 3.05) is 30.3 Å². The Bertz CT molecular complexity index is 806. The first-order chi connectivity index (χ1) is 12.8. The fourth-order valence-electron chi connectivity index (χ4n) is 3.03. The number of carbonyl (C=O) groups is 2. The van der Waals surface area contributed by atoms with Gasteiger partial charge in [0.25, 0.3) is 0 Å². The maximum Gasteiger partial charge on any atom is 0.240 e. The van der Waals surface area contributed by atoms with Gasteiger partial charge in [0, 0.05) is 16.3 Å². The molecule has 2 aromatic rings. The number of thiazole rings is 2. The number of hydrogen-bond acceptors (Lipinski definition) is 7. The van der Waals surface area contributed by atoms with Crippen molar-refractivity contribution < 1.29 is 9.59 Å². The first-order valence-corrected chi connectivity index (χ1v) is 10.7. The molecule has 0 bridgehead atoms. The van der Waals surface area contributed by atoms with Crippen molar-refractivity contribution in [3.8, 4) is 0 Å². The van der Waals surface area contributed by atoms with Gasteiger partial charge in [-0.2, -0.15) is 0 Å². The number of nitrogens with zero attached hydrogens (tertiary/aromatic N) is 3. The lowest BCUT2D eigenvalue weighted by Gasteiger charge is -2.31. The predicted molar refractivity (Wildman–Crippen MR) is 110 cm³/mol. The maximum atomic E-state index is 12.6. The first-order valence-electron chi connectivity index (χ1n) is 9.03. The van der Waals surface area contributed by atoms with Crippen LogP contribution in [0.15, 0.2) is 0 Å². The Balaban J connectivity index is 1.52. The average Bonchev–Trinajstić information content (AvgIpc) is 3.08. The number of hydrogen-bond donors (Lipinski definition) is 2. The number of anilines is 2. The molecule has 0 aliphatic carbocycles. The van der Waals surface area contributed by atoms with Gasteiger partial charge in [0.15, 0.2) is 10.3 Å². The van der Waals surface area contributed by atoms with Crippen molar-refractivity contribution in [1.29, 1.82) is 0 Å².